The van der Waals surface area contributed by atoms with Crippen molar-refractivity contribution in [1.29, 1.82) is 0 Å². The van der Waals surface area contributed by atoms with E-state index in [1.807, 2.05) is 25.1 Å². The molecule has 0 bridgehead atoms. The number of hydrogen-bond donors (Lipinski definition) is 0. The van der Waals surface area contributed by atoms with Crippen molar-refractivity contribution in [2.45, 2.75) is 20.3 Å². The lowest BCUT2D eigenvalue weighted by Crippen LogP contribution is -2.17. The second-order valence-corrected chi connectivity index (χ2v) is 5.83. The molecule has 1 aliphatic rings. The maximum atomic E-state index is 4.84. The molecule has 0 spiro atoms. The van der Waals surface area contributed by atoms with Crippen molar-refractivity contribution in [2.75, 3.05) is 11.4 Å². The van der Waals surface area contributed by atoms with Crippen molar-refractivity contribution in [3.63, 3.8) is 0 Å². The zero-order valence-electron chi connectivity index (χ0n) is 13.3. The first kappa shape index (κ1) is 13.9. The van der Waals surface area contributed by atoms with E-state index in [0.29, 0.717) is 5.82 Å². The molecule has 1 aromatic carbocycles. The Balaban J connectivity index is 1.85. The Morgan fingerprint density at radius 1 is 0.957 bits per heavy atom. The molecular formula is C19H18N4. The molecule has 1 aliphatic heterocycles. The van der Waals surface area contributed by atoms with Crippen LogP contribution in [0.25, 0.3) is 11.5 Å². The van der Waals surface area contributed by atoms with Crippen LogP contribution < -0.4 is 4.90 Å². The van der Waals surface area contributed by atoms with Crippen LogP contribution in [0.4, 0.5) is 11.5 Å². The molecule has 0 unspecified atom stereocenters. The molecular weight excluding hydrogens is 284 g/mol. The number of nitrogens with zero attached hydrogens (tertiary/aromatic N) is 4. The smallest absolute Gasteiger partial charge is 0.180 e. The maximum absolute atomic E-state index is 4.84. The maximum Gasteiger partial charge on any atom is 0.180 e. The molecule has 3 heterocycles. The first-order valence-corrected chi connectivity index (χ1v) is 7.86. The lowest BCUT2D eigenvalue weighted by atomic mass is 10.2. The summed E-state index contributed by atoms with van der Waals surface area (Å²) in [6.07, 6.45) is 2.83. The van der Waals surface area contributed by atoms with E-state index in [9.17, 15) is 0 Å². The van der Waals surface area contributed by atoms with Gasteiger partial charge in [-0.3, -0.25) is 4.98 Å². The van der Waals surface area contributed by atoms with Gasteiger partial charge in [0.1, 0.15) is 11.5 Å². The number of para-hydroxylation sites is 1. The first-order valence-electron chi connectivity index (χ1n) is 7.86. The number of hydrogen-bond acceptors (Lipinski definition) is 4. The van der Waals surface area contributed by atoms with Gasteiger partial charge >= 0.3 is 0 Å². The molecule has 0 saturated carbocycles. The molecule has 0 aliphatic carbocycles. The SMILES string of the molecule is Cc1nc(-c2ccccn2)nc(N2CCc3ccccc32)c1C. The summed E-state index contributed by atoms with van der Waals surface area (Å²) in [5.74, 6) is 1.68. The fourth-order valence-corrected chi connectivity index (χ4v) is 3.04. The molecule has 4 nitrogen and oxygen atoms in total. The Hall–Kier alpha value is -2.75. The van der Waals surface area contributed by atoms with E-state index in [4.69, 9.17) is 4.98 Å². The number of benzene rings is 1. The minimum absolute atomic E-state index is 0.688. The number of fused-ring (bicyclic) bond motifs is 1. The summed E-state index contributed by atoms with van der Waals surface area (Å²) in [5, 5.41) is 0. The highest BCUT2D eigenvalue weighted by atomic mass is 15.2. The van der Waals surface area contributed by atoms with Gasteiger partial charge in [0, 0.05) is 29.7 Å². The predicted molar refractivity (Wildman–Crippen MR) is 91.9 cm³/mol. The summed E-state index contributed by atoms with van der Waals surface area (Å²) in [7, 11) is 0. The second-order valence-electron chi connectivity index (χ2n) is 5.83. The molecule has 0 amide bonds. The Morgan fingerprint density at radius 3 is 2.61 bits per heavy atom. The van der Waals surface area contributed by atoms with Crippen LogP contribution in [0.3, 0.4) is 0 Å². The van der Waals surface area contributed by atoms with E-state index in [1.54, 1.807) is 6.20 Å². The van der Waals surface area contributed by atoms with E-state index in [0.717, 1.165) is 35.7 Å². The Morgan fingerprint density at radius 2 is 1.78 bits per heavy atom. The summed E-state index contributed by atoms with van der Waals surface area (Å²) in [4.78, 5) is 16.2. The number of pyridine rings is 1. The van der Waals surface area contributed by atoms with Gasteiger partial charge in [-0.15, -0.1) is 0 Å². The summed E-state index contributed by atoms with van der Waals surface area (Å²) in [6.45, 7) is 5.08. The van der Waals surface area contributed by atoms with Crippen LogP contribution in [0, 0.1) is 13.8 Å². The van der Waals surface area contributed by atoms with Gasteiger partial charge in [-0.2, -0.15) is 0 Å². The molecule has 0 radical (unpaired) electrons. The highest BCUT2D eigenvalue weighted by Gasteiger charge is 2.24. The number of aromatic nitrogens is 3. The van der Waals surface area contributed by atoms with Crippen LogP contribution in [0.1, 0.15) is 16.8 Å². The van der Waals surface area contributed by atoms with Gasteiger partial charge < -0.3 is 4.90 Å². The third kappa shape index (κ3) is 2.36. The van der Waals surface area contributed by atoms with Crippen molar-refractivity contribution < 1.29 is 0 Å². The molecule has 4 heteroatoms. The summed E-state index contributed by atoms with van der Waals surface area (Å²) in [5.41, 5.74) is 5.56. The molecule has 0 N–H and O–H groups in total. The highest BCUT2D eigenvalue weighted by molar-refractivity contribution is 5.71. The Labute approximate surface area is 135 Å². The topological polar surface area (TPSA) is 41.9 Å². The first-order chi connectivity index (χ1) is 11.2. The van der Waals surface area contributed by atoms with E-state index in [-0.39, 0.29) is 0 Å². The van der Waals surface area contributed by atoms with Crippen LogP contribution >= 0.6 is 0 Å². The average Bonchev–Trinajstić information content (AvgIpc) is 3.02. The van der Waals surface area contributed by atoms with Crippen molar-refractivity contribution in [2.24, 2.45) is 0 Å². The second kappa shape index (κ2) is 5.47. The van der Waals surface area contributed by atoms with Crippen molar-refractivity contribution >= 4 is 11.5 Å². The molecule has 0 saturated heterocycles. The summed E-state index contributed by atoms with van der Waals surface area (Å²) < 4.78 is 0. The summed E-state index contributed by atoms with van der Waals surface area (Å²) >= 11 is 0. The van der Waals surface area contributed by atoms with Gasteiger partial charge in [0.25, 0.3) is 0 Å². The van der Waals surface area contributed by atoms with Crippen molar-refractivity contribution in [1.82, 2.24) is 15.0 Å². The van der Waals surface area contributed by atoms with Gasteiger partial charge in [0.2, 0.25) is 0 Å². The molecule has 3 aromatic rings. The largest absolute Gasteiger partial charge is 0.325 e. The number of rotatable bonds is 2. The highest BCUT2D eigenvalue weighted by Crippen LogP contribution is 2.36. The minimum atomic E-state index is 0.688. The van der Waals surface area contributed by atoms with Crippen LogP contribution in [-0.4, -0.2) is 21.5 Å². The third-order valence-corrected chi connectivity index (χ3v) is 4.40. The quantitative estimate of drug-likeness (QED) is 0.721. The van der Waals surface area contributed by atoms with E-state index in [2.05, 4.69) is 46.1 Å². The van der Waals surface area contributed by atoms with Crippen molar-refractivity contribution in [3.05, 3.63) is 65.5 Å². The van der Waals surface area contributed by atoms with Crippen LogP contribution in [0.2, 0.25) is 0 Å². The Bertz CT molecular complexity index is 858. The normalized spacial score (nSPS) is 13.2. The molecule has 0 fully saturated rings. The monoisotopic (exact) mass is 302 g/mol. The number of anilines is 2. The standard InChI is InChI=1S/C19H18N4/c1-13-14(2)21-18(16-8-5-6-11-20-16)22-19(13)23-12-10-15-7-3-4-9-17(15)23/h3-9,11H,10,12H2,1-2H3. The summed E-state index contributed by atoms with van der Waals surface area (Å²) in [6, 6.07) is 14.4. The number of aryl methyl sites for hydroxylation is 1. The molecule has 23 heavy (non-hydrogen) atoms. The van der Waals surface area contributed by atoms with Gasteiger partial charge in [0.05, 0.1) is 0 Å². The van der Waals surface area contributed by atoms with E-state index in [1.165, 1.54) is 11.3 Å². The molecule has 2 aromatic heterocycles. The van der Waals surface area contributed by atoms with Crippen LogP contribution in [0.15, 0.2) is 48.7 Å². The molecule has 0 atom stereocenters. The fourth-order valence-electron chi connectivity index (χ4n) is 3.04. The van der Waals surface area contributed by atoms with Gasteiger partial charge in [-0.05, 0) is 44.0 Å². The van der Waals surface area contributed by atoms with E-state index < -0.39 is 0 Å². The van der Waals surface area contributed by atoms with Gasteiger partial charge in [-0.1, -0.05) is 24.3 Å². The Kier molecular flexibility index (Phi) is 3.30. The van der Waals surface area contributed by atoms with Gasteiger partial charge in [0.15, 0.2) is 5.82 Å². The lowest BCUT2D eigenvalue weighted by molar-refractivity contribution is 0.943. The molecule has 4 rings (SSSR count). The molecule has 114 valence electrons. The van der Waals surface area contributed by atoms with E-state index >= 15 is 0 Å². The van der Waals surface area contributed by atoms with Crippen molar-refractivity contribution in [3.8, 4) is 11.5 Å². The van der Waals surface area contributed by atoms with Crippen LogP contribution in [0.5, 0.6) is 0 Å². The zero-order chi connectivity index (χ0) is 15.8. The minimum Gasteiger partial charge on any atom is -0.325 e. The third-order valence-electron chi connectivity index (χ3n) is 4.40. The lowest BCUT2D eigenvalue weighted by Gasteiger charge is -2.22. The van der Waals surface area contributed by atoms with Gasteiger partial charge in [-0.25, -0.2) is 9.97 Å². The fraction of sp³-hybridized carbons (Fsp3) is 0.211. The zero-order valence-corrected chi connectivity index (χ0v) is 13.3. The average molecular weight is 302 g/mol. The predicted octanol–water partition coefficient (Wildman–Crippen LogP) is 3.85. The van der Waals surface area contributed by atoms with Crippen LogP contribution in [-0.2, 0) is 6.42 Å².